The Hall–Kier alpha value is -1.29. The van der Waals surface area contributed by atoms with Gasteiger partial charge in [0.15, 0.2) is 0 Å². The summed E-state index contributed by atoms with van der Waals surface area (Å²) in [7, 11) is 0. The van der Waals surface area contributed by atoms with Crippen molar-refractivity contribution >= 4 is 5.91 Å². The molecule has 0 saturated heterocycles. The third kappa shape index (κ3) is 2.69. The molecular weight excluding hydrogens is 216 g/mol. The van der Waals surface area contributed by atoms with Gasteiger partial charge in [0.1, 0.15) is 11.5 Å². The highest BCUT2D eigenvalue weighted by molar-refractivity contribution is 5.80. The predicted molar refractivity (Wildman–Crippen MR) is 65.3 cm³/mol. The lowest BCUT2D eigenvalue weighted by Crippen LogP contribution is -2.45. The first kappa shape index (κ1) is 12.2. The topological polar surface area (TPSA) is 68.3 Å². The summed E-state index contributed by atoms with van der Waals surface area (Å²) in [5.41, 5.74) is 5.69. The first-order valence-electron chi connectivity index (χ1n) is 6.22. The number of aryl methyl sites for hydroxylation is 1. The minimum absolute atomic E-state index is 0.0203. The molecule has 1 aliphatic carbocycles. The Kier molecular flexibility index (Phi) is 3.52. The number of hydrogen-bond donors (Lipinski definition) is 2. The minimum Gasteiger partial charge on any atom is -0.464 e. The lowest BCUT2D eigenvalue weighted by molar-refractivity contribution is -0.128. The second-order valence-electron chi connectivity index (χ2n) is 4.85. The van der Waals surface area contributed by atoms with Crippen LogP contribution >= 0.6 is 0 Å². The zero-order valence-electron chi connectivity index (χ0n) is 10.4. The Labute approximate surface area is 102 Å². The number of hydrogen-bond acceptors (Lipinski definition) is 3. The van der Waals surface area contributed by atoms with Crippen LogP contribution in [0.3, 0.4) is 0 Å². The molecule has 0 spiro atoms. The molecule has 17 heavy (non-hydrogen) atoms. The normalized spacial score (nSPS) is 25.1. The molecule has 1 aliphatic rings. The lowest BCUT2D eigenvalue weighted by atomic mass is 9.80. The number of carbonyl (C=O) groups excluding carboxylic acids is 1. The van der Waals surface area contributed by atoms with Gasteiger partial charge in [-0.15, -0.1) is 0 Å². The van der Waals surface area contributed by atoms with Gasteiger partial charge in [-0.1, -0.05) is 6.92 Å². The van der Waals surface area contributed by atoms with Gasteiger partial charge in [0, 0.05) is 12.0 Å². The first-order valence-corrected chi connectivity index (χ1v) is 6.22. The van der Waals surface area contributed by atoms with E-state index in [-0.39, 0.29) is 23.9 Å². The average Bonchev–Trinajstić information content (AvgIpc) is 2.68. The van der Waals surface area contributed by atoms with Crippen molar-refractivity contribution in [3.05, 3.63) is 23.7 Å². The summed E-state index contributed by atoms with van der Waals surface area (Å²) >= 11 is 0. The molecule has 2 rings (SSSR count). The molecule has 3 N–H and O–H groups in total. The van der Waals surface area contributed by atoms with Crippen LogP contribution in [-0.2, 0) is 4.79 Å². The fourth-order valence-corrected chi connectivity index (χ4v) is 2.18. The molecule has 1 saturated carbocycles. The highest BCUT2D eigenvalue weighted by Crippen LogP contribution is 2.27. The van der Waals surface area contributed by atoms with Crippen LogP contribution in [0.15, 0.2) is 16.5 Å². The van der Waals surface area contributed by atoms with E-state index in [0.717, 1.165) is 30.8 Å². The van der Waals surface area contributed by atoms with Gasteiger partial charge < -0.3 is 15.5 Å². The highest BCUT2D eigenvalue weighted by Gasteiger charge is 2.33. The molecule has 0 aromatic carbocycles. The average molecular weight is 236 g/mol. The molecule has 4 nitrogen and oxygen atoms in total. The summed E-state index contributed by atoms with van der Waals surface area (Å²) in [5.74, 6) is 1.91. The van der Waals surface area contributed by atoms with Crippen molar-refractivity contribution in [2.45, 2.75) is 45.2 Å². The van der Waals surface area contributed by atoms with Gasteiger partial charge >= 0.3 is 0 Å². The smallest absolute Gasteiger partial charge is 0.223 e. The zero-order chi connectivity index (χ0) is 12.4. The van der Waals surface area contributed by atoms with Gasteiger partial charge in [-0.2, -0.15) is 0 Å². The van der Waals surface area contributed by atoms with Crippen LogP contribution < -0.4 is 11.1 Å². The van der Waals surface area contributed by atoms with Crippen molar-refractivity contribution in [1.29, 1.82) is 0 Å². The van der Waals surface area contributed by atoms with E-state index in [2.05, 4.69) is 5.32 Å². The standard InChI is InChI=1S/C13H20N2O2/c1-3-11(12-5-4-8(2)17-12)15-13(16)9-6-10(14)7-9/h4-5,9-11H,3,6-7,14H2,1-2H3,(H,15,16)/t9?,10?,11-/m1/s1. The van der Waals surface area contributed by atoms with Crippen molar-refractivity contribution in [2.24, 2.45) is 11.7 Å². The Bertz CT molecular complexity index is 394. The monoisotopic (exact) mass is 236 g/mol. The molecule has 0 bridgehead atoms. The van der Waals surface area contributed by atoms with Crippen molar-refractivity contribution in [3.63, 3.8) is 0 Å². The van der Waals surface area contributed by atoms with E-state index >= 15 is 0 Å². The van der Waals surface area contributed by atoms with Crippen LogP contribution in [0, 0.1) is 12.8 Å². The molecule has 0 aliphatic heterocycles. The van der Waals surface area contributed by atoms with Gasteiger partial charge in [0.25, 0.3) is 0 Å². The quantitative estimate of drug-likeness (QED) is 0.838. The van der Waals surface area contributed by atoms with Crippen LogP contribution in [-0.4, -0.2) is 11.9 Å². The predicted octanol–water partition coefficient (Wildman–Crippen LogP) is 1.89. The molecule has 1 heterocycles. The highest BCUT2D eigenvalue weighted by atomic mass is 16.3. The lowest BCUT2D eigenvalue weighted by Gasteiger charge is -2.32. The molecule has 1 atom stereocenters. The maximum Gasteiger partial charge on any atom is 0.223 e. The number of rotatable bonds is 4. The minimum atomic E-state index is -0.0203. The summed E-state index contributed by atoms with van der Waals surface area (Å²) in [5, 5.41) is 3.03. The molecule has 1 aromatic heterocycles. The van der Waals surface area contributed by atoms with E-state index < -0.39 is 0 Å². The van der Waals surface area contributed by atoms with Gasteiger partial charge in [-0.25, -0.2) is 0 Å². The van der Waals surface area contributed by atoms with E-state index in [4.69, 9.17) is 10.2 Å². The Morgan fingerprint density at radius 2 is 2.29 bits per heavy atom. The molecule has 94 valence electrons. The van der Waals surface area contributed by atoms with Gasteiger partial charge in [0.05, 0.1) is 6.04 Å². The summed E-state index contributed by atoms with van der Waals surface area (Å²) in [6, 6.07) is 4.03. The van der Waals surface area contributed by atoms with Crippen molar-refractivity contribution < 1.29 is 9.21 Å². The van der Waals surface area contributed by atoms with E-state index in [1.54, 1.807) is 0 Å². The van der Waals surface area contributed by atoms with Gasteiger partial charge in [-0.3, -0.25) is 4.79 Å². The van der Waals surface area contributed by atoms with Gasteiger partial charge in [-0.05, 0) is 38.3 Å². The first-order chi connectivity index (χ1) is 8.10. The molecule has 1 aromatic rings. The third-order valence-electron chi connectivity index (χ3n) is 3.37. The van der Waals surface area contributed by atoms with Crippen molar-refractivity contribution in [3.8, 4) is 0 Å². The maximum atomic E-state index is 11.9. The Morgan fingerprint density at radius 3 is 2.76 bits per heavy atom. The summed E-state index contributed by atoms with van der Waals surface area (Å²) in [4.78, 5) is 11.9. The maximum absolute atomic E-state index is 11.9. The zero-order valence-corrected chi connectivity index (χ0v) is 10.4. The van der Waals surface area contributed by atoms with Crippen molar-refractivity contribution in [2.75, 3.05) is 0 Å². The van der Waals surface area contributed by atoms with E-state index in [9.17, 15) is 4.79 Å². The van der Waals surface area contributed by atoms with Crippen molar-refractivity contribution in [1.82, 2.24) is 5.32 Å². The van der Waals surface area contributed by atoms with Gasteiger partial charge in [0.2, 0.25) is 5.91 Å². The molecule has 1 amide bonds. The van der Waals surface area contributed by atoms with Crippen LogP contribution in [0.25, 0.3) is 0 Å². The number of amides is 1. The molecule has 0 radical (unpaired) electrons. The Morgan fingerprint density at radius 1 is 1.59 bits per heavy atom. The van der Waals surface area contributed by atoms with Crippen LogP contribution in [0.2, 0.25) is 0 Å². The fraction of sp³-hybridized carbons (Fsp3) is 0.615. The second-order valence-corrected chi connectivity index (χ2v) is 4.85. The summed E-state index contributed by atoms with van der Waals surface area (Å²) in [6.45, 7) is 3.94. The number of nitrogens with two attached hydrogens (primary N) is 1. The van der Waals surface area contributed by atoms with E-state index in [0.29, 0.717) is 0 Å². The summed E-state index contributed by atoms with van der Waals surface area (Å²) in [6.07, 6.45) is 2.44. The van der Waals surface area contributed by atoms with Crippen LogP contribution in [0.1, 0.15) is 43.7 Å². The van der Waals surface area contributed by atoms with E-state index in [1.807, 2.05) is 26.0 Å². The number of carbonyl (C=O) groups is 1. The molecule has 0 unspecified atom stereocenters. The second kappa shape index (κ2) is 4.92. The molecule has 1 fully saturated rings. The number of nitrogens with one attached hydrogen (secondary N) is 1. The molecule has 4 heteroatoms. The largest absolute Gasteiger partial charge is 0.464 e. The summed E-state index contributed by atoms with van der Waals surface area (Å²) < 4.78 is 5.55. The fourth-order valence-electron chi connectivity index (χ4n) is 2.18. The molecular formula is C13H20N2O2. The van der Waals surface area contributed by atoms with E-state index in [1.165, 1.54) is 0 Å². The third-order valence-corrected chi connectivity index (χ3v) is 3.37. The number of furan rings is 1. The SMILES string of the molecule is CC[C@@H](NC(=O)C1CC(N)C1)c1ccc(C)o1. The van der Waals surface area contributed by atoms with Crippen LogP contribution in [0.5, 0.6) is 0 Å². The Balaban J connectivity index is 1.93. The van der Waals surface area contributed by atoms with Crippen LogP contribution in [0.4, 0.5) is 0 Å².